The number of hydrogen-bond acceptors (Lipinski definition) is 5. The molecule has 0 N–H and O–H groups in total. The van der Waals surface area contributed by atoms with Crippen molar-refractivity contribution in [2.24, 2.45) is 0 Å². The molecule has 3 rings (SSSR count). The Kier molecular flexibility index (Phi) is 5.55. The number of hydrogen-bond donors (Lipinski definition) is 0. The first-order valence-corrected chi connectivity index (χ1v) is 9.04. The predicted molar refractivity (Wildman–Crippen MR) is 89.9 cm³/mol. The molecule has 2 aliphatic heterocycles. The second-order valence-electron chi connectivity index (χ2n) is 5.79. The fraction of sp³-hybridized carbons (Fsp3) is 0.529. The molecule has 6 heteroatoms. The molecule has 2 saturated heterocycles. The Labute approximate surface area is 141 Å². The zero-order chi connectivity index (χ0) is 16.1. The molecule has 0 radical (unpaired) electrons. The minimum atomic E-state index is 0.0833. The van der Waals surface area contributed by atoms with Crippen LogP contribution in [0.2, 0.25) is 0 Å². The van der Waals surface area contributed by atoms with Crippen LogP contribution in [-0.2, 0) is 9.53 Å². The summed E-state index contributed by atoms with van der Waals surface area (Å²) in [4.78, 5) is 16.6. The van der Waals surface area contributed by atoms with Crippen LogP contribution in [0.4, 0.5) is 0 Å². The van der Waals surface area contributed by atoms with Gasteiger partial charge >= 0.3 is 0 Å². The van der Waals surface area contributed by atoms with Crippen molar-refractivity contribution in [2.75, 3.05) is 45.1 Å². The van der Waals surface area contributed by atoms with E-state index in [1.165, 1.54) is 0 Å². The van der Waals surface area contributed by atoms with Gasteiger partial charge < -0.3 is 9.64 Å². The van der Waals surface area contributed by atoms with Crippen LogP contribution in [0.5, 0.6) is 0 Å². The predicted octanol–water partition coefficient (Wildman–Crippen LogP) is 1.85. The van der Waals surface area contributed by atoms with Crippen molar-refractivity contribution in [3.63, 3.8) is 0 Å². The molecular weight excluding hydrogens is 310 g/mol. The lowest BCUT2D eigenvalue weighted by molar-refractivity contribution is -0.128. The molecule has 0 spiro atoms. The average molecular weight is 331 g/mol. The Hall–Kier alpha value is -1.55. The van der Waals surface area contributed by atoms with E-state index in [1.807, 2.05) is 29.2 Å². The number of morpholine rings is 1. The fourth-order valence-electron chi connectivity index (χ4n) is 2.98. The molecule has 122 valence electrons. The van der Waals surface area contributed by atoms with Crippen LogP contribution >= 0.6 is 11.8 Å². The number of amides is 1. The van der Waals surface area contributed by atoms with Crippen molar-refractivity contribution >= 4 is 17.7 Å². The van der Waals surface area contributed by atoms with Gasteiger partial charge in [0.15, 0.2) is 0 Å². The molecule has 2 aliphatic rings. The van der Waals surface area contributed by atoms with Gasteiger partial charge in [0.2, 0.25) is 5.91 Å². The first-order chi connectivity index (χ1) is 11.3. The molecule has 1 aromatic rings. The van der Waals surface area contributed by atoms with Gasteiger partial charge in [-0.25, -0.2) is 0 Å². The number of rotatable bonds is 5. The molecule has 2 heterocycles. The Morgan fingerprint density at radius 1 is 1.22 bits per heavy atom. The first-order valence-electron chi connectivity index (χ1n) is 7.99. The van der Waals surface area contributed by atoms with Crippen molar-refractivity contribution in [3.05, 3.63) is 35.4 Å². The van der Waals surface area contributed by atoms with Gasteiger partial charge in [-0.05, 0) is 24.1 Å². The van der Waals surface area contributed by atoms with Gasteiger partial charge in [0.25, 0.3) is 0 Å². The van der Waals surface area contributed by atoms with E-state index in [1.54, 1.807) is 11.8 Å². The van der Waals surface area contributed by atoms with E-state index in [4.69, 9.17) is 10.00 Å². The van der Waals surface area contributed by atoms with E-state index >= 15 is 0 Å². The van der Waals surface area contributed by atoms with Crippen LogP contribution < -0.4 is 0 Å². The molecule has 0 aromatic heterocycles. The molecule has 1 unspecified atom stereocenters. The molecule has 1 atom stereocenters. The third-order valence-corrected chi connectivity index (χ3v) is 5.53. The van der Waals surface area contributed by atoms with Gasteiger partial charge in [0, 0.05) is 26.2 Å². The van der Waals surface area contributed by atoms with Crippen molar-refractivity contribution in [3.8, 4) is 6.07 Å². The van der Waals surface area contributed by atoms with Crippen molar-refractivity contribution in [2.45, 2.75) is 11.8 Å². The summed E-state index contributed by atoms with van der Waals surface area (Å²) in [5, 5.41) is 8.98. The van der Waals surface area contributed by atoms with E-state index < -0.39 is 0 Å². The second kappa shape index (κ2) is 7.82. The fourth-order valence-corrected chi connectivity index (χ4v) is 4.20. The average Bonchev–Trinajstić information content (AvgIpc) is 2.97. The summed E-state index contributed by atoms with van der Waals surface area (Å²) in [6, 6.07) is 9.70. The quantitative estimate of drug-likeness (QED) is 0.824. The molecule has 23 heavy (non-hydrogen) atoms. The SMILES string of the molecule is N#Cc1ccc(C2SCC(=O)N2CCCN2CCOCC2)cc1. The summed E-state index contributed by atoms with van der Waals surface area (Å²) in [6.45, 7) is 5.40. The zero-order valence-corrected chi connectivity index (χ0v) is 13.9. The van der Waals surface area contributed by atoms with Gasteiger partial charge in [0.1, 0.15) is 5.37 Å². The maximum atomic E-state index is 12.2. The molecule has 0 saturated carbocycles. The summed E-state index contributed by atoms with van der Waals surface area (Å²) >= 11 is 1.67. The summed E-state index contributed by atoms with van der Waals surface area (Å²) < 4.78 is 5.36. The number of carbonyl (C=O) groups excluding carboxylic acids is 1. The minimum absolute atomic E-state index is 0.0833. The van der Waals surface area contributed by atoms with Gasteiger partial charge in [-0.15, -0.1) is 11.8 Å². The van der Waals surface area contributed by atoms with E-state index in [2.05, 4.69) is 11.0 Å². The lowest BCUT2D eigenvalue weighted by atomic mass is 10.1. The highest BCUT2D eigenvalue weighted by Crippen LogP contribution is 2.38. The lowest BCUT2D eigenvalue weighted by Crippen LogP contribution is -2.38. The van der Waals surface area contributed by atoms with Gasteiger partial charge in [0.05, 0.1) is 30.6 Å². The molecule has 1 aromatic carbocycles. The highest BCUT2D eigenvalue weighted by atomic mass is 32.2. The lowest BCUT2D eigenvalue weighted by Gasteiger charge is -2.29. The van der Waals surface area contributed by atoms with Crippen molar-refractivity contribution < 1.29 is 9.53 Å². The number of carbonyl (C=O) groups is 1. The van der Waals surface area contributed by atoms with E-state index in [0.29, 0.717) is 11.3 Å². The Morgan fingerprint density at radius 3 is 2.65 bits per heavy atom. The summed E-state index contributed by atoms with van der Waals surface area (Å²) in [6.07, 6.45) is 0.985. The van der Waals surface area contributed by atoms with E-state index in [9.17, 15) is 4.79 Å². The van der Waals surface area contributed by atoms with Gasteiger partial charge in [-0.1, -0.05) is 12.1 Å². The summed E-state index contributed by atoms with van der Waals surface area (Å²) in [5.41, 5.74) is 1.76. The highest BCUT2D eigenvalue weighted by Gasteiger charge is 2.32. The number of thioether (sulfide) groups is 1. The summed E-state index contributed by atoms with van der Waals surface area (Å²) in [5.74, 6) is 0.758. The van der Waals surface area contributed by atoms with Crippen LogP contribution in [0.15, 0.2) is 24.3 Å². The zero-order valence-electron chi connectivity index (χ0n) is 13.1. The van der Waals surface area contributed by atoms with Crippen LogP contribution in [-0.4, -0.2) is 60.9 Å². The maximum Gasteiger partial charge on any atom is 0.233 e. The minimum Gasteiger partial charge on any atom is -0.379 e. The third kappa shape index (κ3) is 4.05. The van der Waals surface area contributed by atoms with Crippen LogP contribution in [0.3, 0.4) is 0 Å². The van der Waals surface area contributed by atoms with Crippen LogP contribution in [0.1, 0.15) is 22.9 Å². The third-order valence-electron chi connectivity index (χ3n) is 4.27. The topological polar surface area (TPSA) is 56.6 Å². The molecule has 0 bridgehead atoms. The first kappa shape index (κ1) is 16.3. The molecule has 5 nitrogen and oxygen atoms in total. The largest absolute Gasteiger partial charge is 0.379 e. The van der Waals surface area contributed by atoms with Crippen LogP contribution in [0.25, 0.3) is 0 Å². The Morgan fingerprint density at radius 2 is 1.96 bits per heavy atom. The van der Waals surface area contributed by atoms with Crippen molar-refractivity contribution in [1.82, 2.24) is 9.80 Å². The smallest absolute Gasteiger partial charge is 0.233 e. The van der Waals surface area contributed by atoms with E-state index in [-0.39, 0.29) is 11.3 Å². The number of nitrogens with zero attached hydrogens (tertiary/aromatic N) is 3. The molecule has 0 aliphatic carbocycles. The van der Waals surface area contributed by atoms with E-state index in [0.717, 1.165) is 51.4 Å². The highest BCUT2D eigenvalue weighted by molar-refractivity contribution is 8.00. The number of nitriles is 1. The molecule has 2 fully saturated rings. The standard InChI is InChI=1S/C17H21N3O2S/c18-12-14-2-4-15(5-3-14)17-20(16(21)13-23-17)7-1-6-19-8-10-22-11-9-19/h2-5,17H,1,6-11,13H2. The number of ether oxygens (including phenoxy) is 1. The monoisotopic (exact) mass is 331 g/mol. The molecular formula is C17H21N3O2S. The number of benzene rings is 1. The summed E-state index contributed by atoms with van der Waals surface area (Å²) in [7, 11) is 0. The van der Waals surface area contributed by atoms with Gasteiger partial charge in [-0.2, -0.15) is 5.26 Å². The molecule has 1 amide bonds. The van der Waals surface area contributed by atoms with Crippen LogP contribution in [0, 0.1) is 11.3 Å². The second-order valence-corrected chi connectivity index (χ2v) is 6.86. The Balaban J connectivity index is 1.57. The Bertz CT molecular complexity index is 578. The van der Waals surface area contributed by atoms with Gasteiger partial charge in [-0.3, -0.25) is 9.69 Å². The van der Waals surface area contributed by atoms with Crippen molar-refractivity contribution in [1.29, 1.82) is 5.26 Å². The maximum absolute atomic E-state index is 12.2. The normalized spacial score (nSPS) is 22.3.